The molecular formula is C31H34ClF4N5O4. The molecule has 3 aromatic rings. The highest BCUT2D eigenvalue weighted by atomic mass is 35.5. The minimum atomic E-state index is -4.89. The topological polar surface area (TPSA) is 123 Å². The van der Waals surface area contributed by atoms with Gasteiger partial charge in [-0.05, 0) is 73.4 Å². The van der Waals surface area contributed by atoms with Crippen molar-refractivity contribution in [2.75, 3.05) is 30.3 Å². The Morgan fingerprint density at radius 3 is 2.56 bits per heavy atom. The Kier molecular flexibility index (Phi) is 9.31. The third kappa shape index (κ3) is 6.89. The molecule has 3 atom stereocenters. The van der Waals surface area contributed by atoms with Gasteiger partial charge in [-0.1, -0.05) is 30.7 Å². The number of halogens is 5. The average molecular weight is 652 g/mol. The van der Waals surface area contributed by atoms with Gasteiger partial charge in [-0.3, -0.25) is 4.79 Å². The van der Waals surface area contributed by atoms with Crippen LogP contribution < -0.4 is 25.4 Å². The molecule has 2 aromatic carbocycles. The third-order valence-electron chi connectivity index (χ3n) is 8.62. The average Bonchev–Trinajstić information content (AvgIpc) is 3.35. The van der Waals surface area contributed by atoms with E-state index in [9.17, 15) is 27.5 Å². The fraction of sp³-hybridized carbons (Fsp3) is 0.452. The number of piperidine rings is 1. The molecule has 0 bridgehead atoms. The first kappa shape index (κ1) is 32.6. The molecule has 1 spiro atoms. The molecule has 0 radical (unpaired) electrons. The smallest absolute Gasteiger partial charge is 0.429 e. The first-order valence-corrected chi connectivity index (χ1v) is 15.0. The van der Waals surface area contributed by atoms with Crippen LogP contribution in [-0.2, 0) is 4.79 Å². The molecule has 1 aromatic heterocycles. The van der Waals surface area contributed by atoms with Gasteiger partial charge in [0.05, 0.1) is 6.61 Å². The van der Waals surface area contributed by atoms with Crippen molar-refractivity contribution in [2.45, 2.75) is 63.9 Å². The molecule has 9 nitrogen and oxygen atoms in total. The van der Waals surface area contributed by atoms with E-state index in [1.54, 1.807) is 6.92 Å². The van der Waals surface area contributed by atoms with Gasteiger partial charge in [0.2, 0.25) is 17.9 Å². The number of aromatic nitrogens is 2. The maximum atomic E-state index is 14.7. The molecule has 3 heterocycles. The third-order valence-corrected chi connectivity index (χ3v) is 8.86. The fourth-order valence-electron chi connectivity index (χ4n) is 6.49. The van der Waals surface area contributed by atoms with E-state index in [1.165, 1.54) is 36.4 Å². The highest BCUT2D eigenvalue weighted by molar-refractivity contribution is 6.30. The highest BCUT2D eigenvalue weighted by Gasteiger charge is 2.50. The minimum absolute atomic E-state index is 0.0435. The summed E-state index contributed by atoms with van der Waals surface area (Å²) in [6.45, 7) is 4.83. The standard InChI is InChI=1S/C31H34ClF4N5O4/c1-3-24-30(16-22(38-24)28(42)43)9-11-41(12-10-30)25-15-26(40-29(37)39-25)45-27(31(34,35)36)19-7-6-18(32)14-20(19)17-5-8-21(33)23(13-17)44-4-2/h5-8,13-15,22,24,27,38H,3-4,9-12,16H2,1-2H3,(H,42,43)(H2,37,39,40)/t22?,24?,27-/m1/s1. The molecule has 45 heavy (non-hydrogen) atoms. The number of alkyl halides is 3. The van der Waals surface area contributed by atoms with Crippen LogP contribution >= 0.6 is 11.6 Å². The summed E-state index contributed by atoms with van der Waals surface area (Å²) in [4.78, 5) is 21.8. The Labute approximate surface area is 262 Å². The van der Waals surface area contributed by atoms with Gasteiger partial charge >= 0.3 is 12.1 Å². The number of hydrogen-bond donors (Lipinski definition) is 3. The Balaban J connectivity index is 1.43. The summed E-state index contributed by atoms with van der Waals surface area (Å²) in [6.07, 6.45) is -4.76. The zero-order valence-corrected chi connectivity index (χ0v) is 25.5. The summed E-state index contributed by atoms with van der Waals surface area (Å²) in [7, 11) is 0. The second-order valence-electron chi connectivity index (χ2n) is 11.3. The lowest BCUT2D eigenvalue weighted by Gasteiger charge is -2.43. The van der Waals surface area contributed by atoms with E-state index in [0.717, 1.165) is 12.5 Å². The number of aliphatic carboxylic acids is 1. The normalized spacial score (nSPS) is 20.3. The van der Waals surface area contributed by atoms with Crippen LogP contribution in [0.2, 0.25) is 5.02 Å². The number of nitrogens with one attached hydrogen (secondary N) is 1. The zero-order valence-electron chi connectivity index (χ0n) is 24.7. The van der Waals surface area contributed by atoms with Crippen molar-refractivity contribution in [1.29, 1.82) is 0 Å². The van der Waals surface area contributed by atoms with Crippen LogP contribution in [0, 0.1) is 11.2 Å². The van der Waals surface area contributed by atoms with Gasteiger partial charge < -0.3 is 30.5 Å². The number of rotatable bonds is 9. The largest absolute Gasteiger partial charge is 0.491 e. The molecule has 5 rings (SSSR count). The van der Waals surface area contributed by atoms with E-state index in [-0.39, 0.29) is 57.4 Å². The number of carboxylic acids is 1. The van der Waals surface area contributed by atoms with E-state index in [1.807, 2.05) is 11.8 Å². The zero-order chi connectivity index (χ0) is 32.5. The molecule has 2 fully saturated rings. The van der Waals surface area contributed by atoms with Crippen molar-refractivity contribution in [3.63, 3.8) is 0 Å². The lowest BCUT2D eigenvalue weighted by Crippen LogP contribution is -2.46. The Hall–Kier alpha value is -3.84. The summed E-state index contributed by atoms with van der Waals surface area (Å²) in [5.74, 6) is -1.99. The summed E-state index contributed by atoms with van der Waals surface area (Å²) in [6, 6.07) is 8.38. The number of anilines is 2. The van der Waals surface area contributed by atoms with Crippen LogP contribution in [-0.4, -0.2) is 59.0 Å². The Morgan fingerprint density at radius 2 is 1.91 bits per heavy atom. The van der Waals surface area contributed by atoms with Crippen LogP contribution in [0.5, 0.6) is 11.6 Å². The van der Waals surface area contributed by atoms with Crippen LogP contribution in [0.25, 0.3) is 11.1 Å². The molecule has 0 aliphatic carbocycles. The lowest BCUT2D eigenvalue weighted by molar-refractivity contribution is -0.198. The van der Waals surface area contributed by atoms with E-state index in [0.29, 0.717) is 38.2 Å². The van der Waals surface area contributed by atoms with Gasteiger partial charge in [0.1, 0.15) is 11.9 Å². The first-order valence-electron chi connectivity index (χ1n) is 14.7. The maximum Gasteiger partial charge on any atom is 0.429 e. The number of nitrogen functional groups attached to an aromatic ring is 1. The van der Waals surface area contributed by atoms with Crippen molar-refractivity contribution >= 4 is 29.3 Å². The first-order chi connectivity index (χ1) is 21.3. The number of carbonyl (C=O) groups is 1. The molecule has 2 saturated heterocycles. The van der Waals surface area contributed by atoms with Crippen molar-refractivity contribution < 1.29 is 36.9 Å². The molecule has 2 aliphatic rings. The minimum Gasteiger partial charge on any atom is -0.491 e. The van der Waals surface area contributed by atoms with Crippen molar-refractivity contribution in [2.24, 2.45) is 5.41 Å². The van der Waals surface area contributed by atoms with Crippen molar-refractivity contribution in [3.05, 3.63) is 58.9 Å². The van der Waals surface area contributed by atoms with E-state index < -0.39 is 30.1 Å². The highest BCUT2D eigenvalue weighted by Crippen LogP contribution is 2.46. The van der Waals surface area contributed by atoms with Gasteiger partial charge in [-0.25, -0.2) is 4.39 Å². The van der Waals surface area contributed by atoms with Crippen LogP contribution in [0.15, 0.2) is 42.5 Å². The van der Waals surface area contributed by atoms with E-state index in [4.69, 9.17) is 26.8 Å². The summed E-state index contributed by atoms with van der Waals surface area (Å²) in [5.41, 5.74) is 5.79. The Bertz CT molecular complexity index is 1550. The summed E-state index contributed by atoms with van der Waals surface area (Å²) in [5, 5.41) is 13.0. The van der Waals surface area contributed by atoms with Gasteiger partial charge in [0, 0.05) is 35.8 Å². The van der Waals surface area contributed by atoms with Crippen molar-refractivity contribution in [3.8, 4) is 22.8 Å². The summed E-state index contributed by atoms with van der Waals surface area (Å²) < 4.78 is 69.1. The van der Waals surface area contributed by atoms with E-state index >= 15 is 0 Å². The molecule has 0 saturated carbocycles. The molecule has 2 unspecified atom stereocenters. The number of nitrogens with zero attached hydrogens (tertiary/aromatic N) is 3. The Morgan fingerprint density at radius 1 is 1.18 bits per heavy atom. The molecule has 2 aliphatic heterocycles. The monoisotopic (exact) mass is 651 g/mol. The second kappa shape index (κ2) is 12.9. The predicted octanol–water partition coefficient (Wildman–Crippen LogP) is 6.41. The van der Waals surface area contributed by atoms with Gasteiger partial charge in [-0.2, -0.15) is 23.1 Å². The van der Waals surface area contributed by atoms with Gasteiger partial charge in [0.25, 0.3) is 0 Å². The van der Waals surface area contributed by atoms with Crippen LogP contribution in [0.4, 0.5) is 29.3 Å². The molecule has 14 heteroatoms. The summed E-state index contributed by atoms with van der Waals surface area (Å²) >= 11 is 6.19. The predicted molar refractivity (Wildman–Crippen MR) is 161 cm³/mol. The molecular weight excluding hydrogens is 618 g/mol. The van der Waals surface area contributed by atoms with Crippen LogP contribution in [0.1, 0.15) is 51.2 Å². The number of ether oxygens (including phenoxy) is 2. The molecule has 4 N–H and O–H groups in total. The molecule has 0 amide bonds. The number of carboxylic acid groups (broad SMARTS) is 1. The number of benzene rings is 2. The maximum absolute atomic E-state index is 14.7. The number of hydrogen-bond acceptors (Lipinski definition) is 8. The lowest BCUT2D eigenvalue weighted by atomic mass is 9.71. The van der Waals surface area contributed by atoms with Crippen molar-refractivity contribution in [1.82, 2.24) is 15.3 Å². The number of nitrogens with two attached hydrogens (primary N) is 1. The van der Waals surface area contributed by atoms with Gasteiger partial charge in [-0.15, -0.1) is 0 Å². The van der Waals surface area contributed by atoms with Crippen LogP contribution in [0.3, 0.4) is 0 Å². The van der Waals surface area contributed by atoms with E-state index in [2.05, 4.69) is 15.3 Å². The molecule has 242 valence electrons. The SMILES string of the molecule is CCOc1cc(-c2cc(Cl)ccc2[C@@H](Oc2cc(N3CCC4(CC3)CC(C(=O)O)NC4CC)nc(N)n2)C(F)(F)F)ccc1F. The quantitative estimate of drug-likeness (QED) is 0.225. The van der Waals surface area contributed by atoms with Gasteiger partial charge in [0.15, 0.2) is 11.6 Å². The fourth-order valence-corrected chi connectivity index (χ4v) is 6.67. The second-order valence-corrected chi connectivity index (χ2v) is 11.8.